The molecule has 7 heteroatoms. The Balaban J connectivity index is 2.00. The molecule has 1 aliphatic rings. The van der Waals surface area contributed by atoms with Gasteiger partial charge in [-0.15, -0.1) is 6.42 Å². The molecule has 1 saturated heterocycles. The summed E-state index contributed by atoms with van der Waals surface area (Å²) in [5, 5.41) is 2.55. The Morgan fingerprint density at radius 2 is 2.00 bits per heavy atom. The first-order valence-corrected chi connectivity index (χ1v) is 8.62. The van der Waals surface area contributed by atoms with Crippen molar-refractivity contribution >= 4 is 41.2 Å². The van der Waals surface area contributed by atoms with Crippen LogP contribution in [0.15, 0.2) is 48.0 Å². The number of urea groups is 1. The van der Waals surface area contributed by atoms with Crippen molar-refractivity contribution in [2.75, 3.05) is 11.5 Å². The number of ether oxygens (including phenoxy) is 1. The minimum atomic E-state index is -0.830. The summed E-state index contributed by atoms with van der Waals surface area (Å²) in [6, 6.07) is 10.7. The first-order valence-electron chi connectivity index (χ1n) is 8.24. The predicted molar refractivity (Wildman–Crippen MR) is 106 cm³/mol. The number of nitrogens with one attached hydrogen (secondary N) is 1. The van der Waals surface area contributed by atoms with E-state index in [1.807, 2.05) is 0 Å². The number of hydrogen-bond donors (Lipinski definition) is 1. The summed E-state index contributed by atoms with van der Waals surface area (Å²) in [5.74, 6) is 1.34. The van der Waals surface area contributed by atoms with E-state index in [1.54, 1.807) is 43.3 Å². The molecule has 0 spiro atoms. The predicted octanol–water partition coefficient (Wildman–Crippen LogP) is 3.33. The zero-order valence-corrected chi connectivity index (χ0v) is 15.6. The number of halogens is 1. The SMILES string of the molecule is C#CCOc1cccc(/C=C2/C(=O)NC(=O)N(c3cc(Cl)ccc3C)C2=O)c1. The van der Waals surface area contributed by atoms with Gasteiger partial charge in [-0.05, 0) is 48.4 Å². The van der Waals surface area contributed by atoms with Crippen molar-refractivity contribution in [1.82, 2.24) is 5.32 Å². The highest BCUT2D eigenvalue weighted by molar-refractivity contribution is 6.39. The summed E-state index contributed by atoms with van der Waals surface area (Å²) < 4.78 is 5.35. The van der Waals surface area contributed by atoms with Crippen LogP contribution in [0.5, 0.6) is 5.75 Å². The van der Waals surface area contributed by atoms with Gasteiger partial charge in [0.15, 0.2) is 0 Å². The number of carbonyl (C=O) groups is 3. The summed E-state index contributed by atoms with van der Waals surface area (Å²) >= 11 is 6.01. The lowest BCUT2D eigenvalue weighted by Gasteiger charge is -2.27. The van der Waals surface area contributed by atoms with E-state index in [4.69, 9.17) is 22.8 Å². The molecule has 140 valence electrons. The molecule has 1 aliphatic heterocycles. The topological polar surface area (TPSA) is 75.7 Å². The number of nitrogens with zero attached hydrogens (tertiary/aromatic N) is 1. The molecule has 6 nitrogen and oxygen atoms in total. The van der Waals surface area contributed by atoms with Gasteiger partial charge >= 0.3 is 6.03 Å². The van der Waals surface area contributed by atoms with E-state index in [0.29, 0.717) is 27.6 Å². The lowest BCUT2D eigenvalue weighted by atomic mass is 10.1. The van der Waals surface area contributed by atoms with Crippen molar-refractivity contribution in [3.8, 4) is 18.1 Å². The number of carbonyl (C=O) groups excluding carboxylic acids is 3. The smallest absolute Gasteiger partial charge is 0.335 e. The zero-order chi connectivity index (χ0) is 20.3. The third kappa shape index (κ3) is 3.90. The van der Waals surface area contributed by atoms with Crippen molar-refractivity contribution < 1.29 is 19.1 Å². The van der Waals surface area contributed by atoms with Crippen molar-refractivity contribution in [3.05, 3.63) is 64.2 Å². The van der Waals surface area contributed by atoms with Crippen LogP contribution in [-0.4, -0.2) is 24.5 Å². The maximum absolute atomic E-state index is 12.9. The Labute approximate surface area is 166 Å². The standard InChI is InChI=1S/C21H15ClN2O4/c1-3-9-28-16-6-4-5-14(10-16)11-17-19(25)23-21(27)24(20(17)26)18-12-15(22)8-7-13(18)2/h1,4-8,10-12H,9H2,2H3,(H,23,25,27)/b17-11-. The number of amides is 4. The van der Waals surface area contributed by atoms with E-state index in [2.05, 4.69) is 11.2 Å². The number of hydrogen-bond acceptors (Lipinski definition) is 4. The van der Waals surface area contributed by atoms with Crippen LogP contribution in [0, 0.1) is 19.3 Å². The molecule has 1 fully saturated rings. The number of barbiturate groups is 1. The molecule has 4 amide bonds. The average molecular weight is 395 g/mol. The fourth-order valence-electron chi connectivity index (χ4n) is 2.69. The molecule has 2 aromatic carbocycles. The first-order chi connectivity index (χ1) is 13.4. The minimum Gasteiger partial charge on any atom is -0.481 e. The monoisotopic (exact) mass is 394 g/mol. The quantitative estimate of drug-likeness (QED) is 0.490. The molecule has 0 radical (unpaired) electrons. The van der Waals surface area contributed by atoms with E-state index in [1.165, 1.54) is 12.1 Å². The van der Waals surface area contributed by atoms with Gasteiger partial charge in [-0.2, -0.15) is 0 Å². The van der Waals surface area contributed by atoms with Gasteiger partial charge in [-0.1, -0.05) is 35.7 Å². The summed E-state index contributed by atoms with van der Waals surface area (Å²) in [6.45, 7) is 1.83. The Kier molecular flexibility index (Phi) is 5.48. The maximum Gasteiger partial charge on any atom is 0.335 e. The van der Waals surface area contributed by atoms with Crippen LogP contribution in [0.4, 0.5) is 10.5 Å². The highest BCUT2D eigenvalue weighted by Crippen LogP contribution is 2.28. The van der Waals surface area contributed by atoms with E-state index in [9.17, 15) is 14.4 Å². The van der Waals surface area contributed by atoms with Crippen molar-refractivity contribution in [3.63, 3.8) is 0 Å². The Hall–Kier alpha value is -3.56. The molecule has 0 unspecified atom stereocenters. The third-order valence-corrected chi connectivity index (χ3v) is 4.24. The fourth-order valence-corrected chi connectivity index (χ4v) is 2.85. The van der Waals surface area contributed by atoms with Crippen LogP contribution in [0.1, 0.15) is 11.1 Å². The second-order valence-corrected chi connectivity index (χ2v) is 6.39. The van der Waals surface area contributed by atoms with Gasteiger partial charge in [0.1, 0.15) is 17.9 Å². The Morgan fingerprint density at radius 3 is 2.75 bits per heavy atom. The number of benzene rings is 2. The molecule has 1 N–H and O–H groups in total. The summed E-state index contributed by atoms with van der Waals surface area (Å²) in [5.41, 5.74) is 1.32. The molecule has 0 saturated carbocycles. The maximum atomic E-state index is 12.9. The summed E-state index contributed by atoms with van der Waals surface area (Å²) in [6.07, 6.45) is 6.56. The third-order valence-electron chi connectivity index (χ3n) is 4.01. The van der Waals surface area contributed by atoms with Crippen molar-refractivity contribution in [2.24, 2.45) is 0 Å². The van der Waals surface area contributed by atoms with Gasteiger partial charge in [0.2, 0.25) is 0 Å². The highest BCUT2D eigenvalue weighted by atomic mass is 35.5. The highest BCUT2D eigenvalue weighted by Gasteiger charge is 2.37. The van der Waals surface area contributed by atoms with Crippen molar-refractivity contribution in [1.29, 1.82) is 0 Å². The van der Waals surface area contributed by atoms with E-state index >= 15 is 0 Å². The second kappa shape index (κ2) is 7.99. The van der Waals surface area contributed by atoms with E-state index in [-0.39, 0.29) is 12.2 Å². The fraction of sp³-hybridized carbons (Fsp3) is 0.0952. The minimum absolute atomic E-state index is 0.0930. The molecule has 0 atom stereocenters. The zero-order valence-electron chi connectivity index (χ0n) is 14.9. The van der Waals surface area contributed by atoms with Crippen molar-refractivity contribution in [2.45, 2.75) is 6.92 Å². The molecule has 0 bridgehead atoms. The van der Waals surface area contributed by atoms with Crippen LogP contribution in [0.2, 0.25) is 5.02 Å². The number of aryl methyl sites for hydroxylation is 1. The lowest BCUT2D eigenvalue weighted by molar-refractivity contribution is -0.122. The van der Waals surface area contributed by atoms with Gasteiger partial charge in [0.05, 0.1) is 5.69 Å². The Morgan fingerprint density at radius 1 is 1.21 bits per heavy atom. The average Bonchev–Trinajstić information content (AvgIpc) is 2.66. The van der Waals surface area contributed by atoms with Crippen LogP contribution in [0.3, 0.4) is 0 Å². The van der Waals surface area contributed by atoms with Crippen LogP contribution >= 0.6 is 11.6 Å². The van der Waals surface area contributed by atoms with E-state index < -0.39 is 17.8 Å². The van der Waals surface area contributed by atoms with Gasteiger partial charge in [-0.25, -0.2) is 9.69 Å². The number of terminal acetylenes is 1. The van der Waals surface area contributed by atoms with Gasteiger partial charge in [0.25, 0.3) is 11.8 Å². The molecule has 28 heavy (non-hydrogen) atoms. The van der Waals surface area contributed by atoms with E-state index in [0.717, 1.165) is 4.90 Å². The number of anilines is 1. The molecule has 3 rings (SSSR count). The van der Waals surface area contributed by atoms with Gasteiger partial charge in [-0.3, -0.25) is 14.9 Å². The second-order valence-electron chi connectivity index (χ2n) is 5.95. The molecule has 0 aliphatic carbocycles. The molecule has 2 aromatic rings. The molecular formula is C21H15ClN2O4. The van der Waals surface area contributed by atoms with Crippen LogP contribution < -0.4 is 15.0 Å². The van der Waals surface area contributed by atoms with Gasteiger partial charge in [0, 0.05) is 5.02 Å². The lowest BCUT2D eigenvalue weighted by Crippen LogP contribution is -2.54. The van der Waals surface area contributed by atoms with Crippen LogP contribution in [0.25, 0.3) is 6.08 Å². The summed E-state index contributed by atoms with van der Waals surface area (Å²) in [4.78, 5) is 38.4. The molecule has 1 heterocycles. The number of imide groups is 2. The summed E-state index contributed by atoms with van der Waals surface area (Å²) in [7, 11) is 0. The van der Waals surface area contributed by atoms with Crippen LogP contribution in [-0.2, 0) is 9.59 Å². The Bertz CT molecular complexity index is 1050. The first kappa shape index (κ1) is 19.2. The largest absolute Gasteiger partial charge is 0.481 e. The molecule has 0 aromatic heterocycles. The van der Waals surface area contributed by atoms with Gasteiger partial charge < -0.3 is 4.74 Å². The molecular weight excluding hydrogens is 380 g/mol. The number of rotatable bonds is 4. The normalized spacial score (nSPS) is 15.4.